The summed E-state index contributed by atoms with van der Waals surface area (Å²) >= 11 is 0. The first kappa shape index (κ1) is 15.1. The Bertz CT molecular complexity index is 763. The van der Waals surface area contributed by atoms with Gasteiger partial charge in [0.25, 0.3) is 0 Å². The molecule has 0 spiro atoms. The van der Waals surface area contributed by atoms with Gasteiger partial charge in [-0.2, -0.15) is 5.10 Å². The molecule has 0 radical (unpaired) electrons. The first-order chi connectivity index (χ1) is 11.1. The van der Waals surface area contributed by atoms with E-state index in [2.05, 4.69) is 5.10 Å². The van der Waals surface area contributed by atoms with Crippen LogP contribution >= 0.6 is 0 Å². The molecule has 1 amide bonds. The summed E-state index contributed by atoms with van der Waals surface area (Å²) in [6.07, 6.45) is 5.55. The third kappa shape index (κ3) is 3.34. The fourth-order valence-corrected chi connectivity index (χ4v) is 2.41. The molecule has 1 aromatic carbocycles. The van der Waals surface area contributed by atoms with Gasteiger partial charge in [0.15, 0.2) is 0 Å². The van der Waals surface area contributed by atoms with Crippen molar-refractivity contribution < 1.29 is 9.21 Å². The van der Waals surface area contributed by atoms with Crippen LogP contribution in [0.5, 0.6) is 0 Å². The van der Waals surface area contributed by atoms with Crippen molar-refractivity contribution in [1.82, 2.24) is 14.7 Å². The molecular weight excluding hydrogens is 290 g/mol. The van der Waals surface area contributed by atoms with E-state index >= 15 is 0 Å². The van der Waals surface area contributed by atoms with E-state index in [-0.39, 0.29) is 11.9 Å². The zero-order valence-electron chi connectivity index (χ0n) is 13.2. The molecule has 0 aliphatic carbocycles. The molecule has 0 N–H and O–H groups in total. The van der Waals surface area contributed by atoms with E-state index in [1.807, 2.05) is 55.6 Å². The van der Waals surface area contributed by atoms with Crippen LogP contribution in [0.25, 0.3) is 5.69 Å². The average molecular weight is 309 g/mol. The molecule has 3 aromatic rings. The molecule has 0 fully saturated rings. The summed E-state index contributed by atoms with van der Waals surface area (Å²) in [5.74, 6) is 0.808. The van der Waals surface area contributed by atoms with E-state index in [4.69, 9.17) is 4.42 Å². The van der Waals surface area contributed by atoms with E-state index in [9.17, 15) is 4.79 Å². The molecule has 0 saturated heterocycles. The maximum atomic E-state index is 12.4. The third-order valence-corrected chi connectivity index (χ3v) is 3.94. The number of benzene rings is 1. The molecule has 3 rings (SSSR count). The van der Waals surface area contributed by atoms with Crippen molar-refractivity contribution in [2.75, 3.05) is 7.05 Å². The lowest BCUT2D eigenvalue weighted by Gasteiger charge is -2.23. The standard InChI is InChI=1S/C18H19N3O2/c1-14(17-9-6-10-23-17)20(2)18(22)11-15-12-19-21(13-15)16-7-4-3-5-8-16/h3-10,12-14H,11H2,1-2H3. The van der Waals surface area contributed by atoms with Crippen LogP contribution in [0.1, 0.15) is 24.3 Å². The summed E-state index contributed by atoms with van der Waals surface area (Å²) in [6, 6.07) is 13.4. The number of furan rings is 1. The molecule has 118 valence electrons. The SMILES string of the molecule is CC(c1ccco1)N(C)C(=O)Cc1cnn(-c2ccccc2)c1. The van der Waals surface area contributed by atoms with E-state index in [0.29, 0.717) is 6.42 Å². The molecular formula is C18H19N3O2. The smallest absolute Gasteiger partial charge is 0.227 e. The predicted octanol–water partition coefficient (Wildman–Crippen LogP) is 3.23. The van der Waals surface area contributed by atoms with Gasteiger partial charge in [-0.25, -0.2) is 4.68 Å². The minimum Gasteiger partial charge on any atom is -0.467 e. The van der Waals surface area contributed by atoms with Crippen LogP contribution in [0.4, 0.5) is 0 Å². The number of para-hydroxylation sites is 1. The number of aromatic nitrogens is 2. The number of hydrogen-bond acceptors (Lipinski definition) is 3. The van der Waals surface area contributed by atoms with Crippen molar-refractivity contribution in [3.05, 3.63) is 72.4 Å². The number of rotatable bonds is 5. The van der Waals surface area contributed by atoms with E-state index in [1.165, 1.54) is 0 Å². The summed E-state index contributed by atoms with van der Waals surface area (Å²) in [7, 11) is 1.79. The number of carbonyl (C=O) groups excluding carboxylic acids is 1. The number of amides is 1. The topological polar surface area (TPSA) is 51.3 Å². The Kier molecular flexibility index (Phi) is 4.28. The highest BCUT2D eigenvalue weighted by atomic mass is 16.3. The zero-order chi connectivity index (χ0) is 16.2. The highest BCUT2D eigenvalue weighted by Gasteiger charge is 2.20. The third-order valence-electron chi connectivity index (χ3n) is 3.94. The van der Waals surface area contributed by atoms with E-state index in [0.717, 1.165) is 17.0 Å². The lowest BCUT2D eigenvalue weighted by atomic mass is 10.2. The Morgan fingerprint density at radius 1 is 1.26 bits per heavy atom. The Labute approximate surface area is 135 Å². The fourth-order valence-electron chi connectivity index (χ4n) is 2.41. The number of nitrogens with zero attached hydrogens (tertiary/aromatic N) is 3. The maximum absolute atomic E-state index is 12.4. The molecule has 2 aromatic heterocycles. The van der Waals surface area contributed by atoms with Crippen molar-refractivity contribution in [3.63, 3.8) is 0 Å². The van der Waals surface area contributed by atoms with Gasteiger partial charge in [-0.15, -0.1) is 0 Å². The van der Waals surface area contributed by atoms with Crippen molar-refractivity contribution in [3.8, 4) is 5.69 Å². The molecule has 0 bridgehead atoms. The van der Waals surface area contributed by atoms with E-state index < -0.39 is 0 Å². The van der Waals surface area contributed by atoms with Crippen LogP contribution in [-0.4, -0.2) is 27.6 Å². The molecule has 0 saturated carbocycles. The quantitative estimate of drug-likeness (QED) is 0.727. The fraction of sp³-hybridized carbons (Fsp3) is 0.222. The molecule has 5 heteroatoms. The molecule has 23 heavy (non-hydrogen) atoms. The first-order valence-corrected chi connectivity index (χ1v) is 7.53. The van der Waals surface area contributed by atoms with Crippen LogP contribution in [0, 0.1) is 0 Å². The highest BCUT2D eigenvalue weighted by Crippen LogP contribution is 2.20. The zero-order valence-corrected chi connectivity index (χ0v) is 13.2. The lowest BCUT2D eigenvalue weighted by molar-refractivity contribution is -0.131. The second-order valence-electron chi connectivity index (χ2n) is 5.50. The minimum absolute atomic E-state index is 0.0292. The summed E-state index contributed by atoms with van der Waals surface area (Å²) in [5, 5.41) is 4.32. The second kappa shape index (κ2) is 6.52. The molecule has 0 aliphatic rings. The minimum atomic E-state index is -0.0957. The van der Waals surface area contributed by atoms with Crippen LogP contribution in [0.2, 0.25) is 0 Å². The Morgan fingerprint density at radius 3 is 2.74 bits per heavy atom. The lowest BCUT2D eigenvalue weighted by Crippen LogP contribution is -2.30. The van der Waals surface area contributed by atoms with Gasteiger partial charge in [-0.05, 0) is 36.8 Å². The van der Waals surface area contributed by atoms with Gasteiger partial charge in [0, 0.05) is 13.2 Å². The van der Waals surface area contributed by atoms with Gasteiger partial charge < -0.3 is 9.32 Å². The van der Waals surface area contributed by atoms with Crippen molar-refractivity contribution >= 4 is 5.91 Å². The molecule has 1 unspecified atom stereocenters. The largest absolute Gasteiger partial charge is 0.467 e. The van der Waals surface area contributed by atoms with Gasteiger partial charge in [0.1, 0.15) is 5.76 Å². The molecule has 5 nitrogen and oxygen atoms in total. The normalized spacial score (nSPS) is 12.1. The average Bonchev–Trinajstić information content (AvgIpc) is 3.26. The highest BCUT2D eigenvalue weighted by molar-refractivity contribution is 5.78. The number of likely N-dealkylation sites (N-methyl/N-ethyl adjacent to an activating group) is 1. The van der Waals surface area contributed by atoms with Gasteiger partial charge in [0.05, 0.1) is 30.6 Å². The molecule has 2 heterocycles. The van der Waals surface area contributed by atoms with Crippen LogP contribution in [0.3, 0.4) is 0 Å². The Morgan fingerprint density at radius 2 is 2.04 bits per heavy atom. The van der Waals surface area contributed by atoms with Gasteiger partial charge in [-0.3, -0.25) is 4.79 Å². The summed E-state index contributed by atoms with van der Waals surface area (Å²) in [4.78, 5) is 14.1. The van der Waals surface area contributed by atoms with Crippen LogP contribution in [-0.2, 0) is 11.2 Å². The van der Waals surface area contributed by atoms with Gasteiger partial charge >= 0.3 is 0 Å². The summed E-state index contributed by atoms with van der Waals surface area (Å²) in [6.45, 7) is 1.95. The van der Waals surface area contributed by atoms with Gasteiger partial charge in [-0.1, -0.05) is 18.2 Å². The predicted molar refractivity (Wildman–Crippen MR) is 87.2 cm³/mol. The van der Waals surface area contributed by atoms with Gasteiger partial charge in [0.2, 0.25) is 5.91 Å². The van der Waals surface area contributed by atoms with Crippen molar-refractivity contribution in [2.24, 2.45) is 0 Å². The van der Waals surface area contributed by atoms with Crippen molar-refractivity contribution in [1.29, 1.82) is 0 Å². The van der Waals surface area contributed by atoms with Crippen LogP contribution in [0.15, 0.2) is 65.5 Å². The number of hydrogen-bond donors (Lipinski definition) is 0. The first-order valence-electron chi connectivity index (χ1n) is 7.53. The Balaban J connectivity index is 1.67. The maximum Gasteiger partial charge on any atom is 0.227 e. The summed E-state index contributed by atoms with van der Waals surface area (Å²) in [5.41, 5.74) is 1.86. The van der Waals surface area contributed by atoms with Crippen molar-refractivity contribution in [2.45, 2.75) is 19.4 Å². The molecule has 0 aliphatic heterocycles. The van der Waals surface area contributed by atoms with E-state index in [1.54, 1.807) is 29.1 Å². The second-order valence-corrected chi connectivity index (χ2v) is 5.50. The number of carbonyl (C=O) groups is 1. The van der Waals surface area contributed by atoms with Crippen LogP contribution < -0.4 is 0 Å². The monoisotopic (exact) mass is 309 g/mol. The Hall–Kier alpha value is -2.82. The summed E-state index contributed by atoms with van der Waals surface area (Å²) < 4.78 is 7.14. The molecule has 1 atom stereocenters.